The Kier molecular flexibility index (Phi) is 4.54. The number of amides is 2. The fraction of sp³-hybridized carbons (Fsp3) is 0.200. The van der Waals surface area contributed by atoms with Crippen molar-refractivity contribution >= 4 is 34.4 Å². The average Bonchev–Trinajstić information content (AvgIpc) is 2.17. The van der Waals surface area contributed by atoms with E-state index in [2.05, 4.69) is 27.9 Å². The first-order chi connectivity index (χ1) is 7.11. The lowest BCUT2D eigenvalue weighted by Crippen LogP contribution is -2.28. The highest BCUT2D eigenvalue weighted by atomic mass is 127. The van der Waals surface area contributed by atoms with Crippen molar-refractivity contribution in [3.8, 4) is 0 Å². The van der Waals surface area contributed by atoms with E-state index in [0.29, 0.717) is 5.56 Å². The zero-order chi connectivity index (χ0) is 11.3. The van der Waals surface area contributed by atoms with E-state index in [1.54, 1.807) is 12.1 Å². The van der Waals surface area contributed by atoms with Crippen LogP contribution in [0.3, 0.4) is 0 Å². The number of nitrogens with one attached hydrogen (secondary N) is 1. The van der Waals surface area contributed by atoms with Gasteiger partial charge in [-0.3, -0.25) is 9.59 Å². The predicted octanol–water partition coefficient (Wildman–Crippen LogP) is 0.896. The van der Waals surface area contributed by atoms with Gasteiger partial charge in [-0.1, -0.05) is 12.1 Å². The maximum absolute atomic E-state index is 11.6. The van der Waals surface area contributed by atoms with Crippen LogP contribution in [0.25, 0.3) is 0 Å². The Balaban J connectivity index is 2.54. The van der Waals surface area contributed by atoms with E-state index in [-0.39, 0.29) is 18.9 Å². The summed E-state index contributed by atoms with van der Waals surface area (Å²) in [5.74, 6) is -0.598. The summed E-state index contributed by atoms with van der Waals surface area (Å²) < 4.78 is 0.881. The Hall–Kier alpha value is -1.11. The quantitative estimate of drug-likeness (QED) is 0.810. The first-order valence-corrected chi connectivity index (χ1v) is 5.50. The fourth-order valence-electron chi connectivity index (χ4n) is 1.04. The lowest BCUT2D eigenvalue weighted by Gasteiger charge is -2.05. The number of hydrogen-bond acceptors (Lipinski definition) is 2. The van der Waals surface area contributed by atoms with Crippen molar-refractivity contribution in [1.29, 1.82) is 0 Å². The van der Waals surface area contributed by atoms with Gasteiger partial charge >= 0.3 is 0 Å². The summed E-state index contributed by atoms with van der Waals surface area (Å²) in [5, 5.41) is 2.63. The second-order valence-corrected chi connectivity index (χ2v) is 4.11. The van der Waals surface area contributed by atoms with Crippen LogP contribution in [0.2, 0.25) is 0 Å². The highest BCUT2D eigenvalue weighted by Crippen LogP contribution is 2.10. The molecule has 0 radical (unpaired) electrons. The van der Waals surface area contributed by atoms with Gasteiger partial charge in [0.1, 0.15) is 0 Å². The molecule has 1 aromatic carbocycles. The zero-order valence-electron chi connectivity index (χ0n) is 8.00. The zero-order valence-corrected chi connectivity index (χ0v) is 10.2. The van der Waals surface area contributed by atoms with Crippen LogP contribution in [-0.2, 0) is 4.79 Å². The SMILES string of the molecule is NC(=O)CCNC(=O)c1ccccc1I. The number of carbonyl (C=O) groups excluding carboxylic acids is 2. The van der Waals surface area contributed by atoms with Crippen LogP contribution in [0, 0.1) is 3.57 Å². The summed E-state index contributed by atoms with van der Waals surface area (Å²) in [6.07, 6.45) is 0.162. The third-order valence-electron chi connectivity index (χ3n) is 1.78. The van der Waals surface area contributed by atoms with Gasteiger partial charge in [-0.15, -0.1) is 0 Å². The van der Waals surface area contributed by atoms with Crippen molar-refractivity contribution in [2.45, 2.75) is 6.42 Å². The van der Waals surface area contributed by atoms with E-state index in [1.807, 2.05) is 12.1 Å². The van der Waals surface area contributed by atoms with Gasteiger partial charge in [-0.25, -0.2) is 0 Å². The minimum Gasteiger partial charge on any atom is -0.370 e. The van der Waals surface area contributed by atoms with E-state index in [1.165, 1.54) is 0 Å². The Morgan fingerprint density at radius 2 is 2.00 bits per heavy atom. The standard InChI is InChI=1S/C10H11IN2O2/c11-8-4-2-1-3-7(8)10(15)13-6-5-9(12)14/h1-4H,5-6H2,(H2,12,14)(H,13,15). The van der Waals surface area contributed by atoms with Crippen LogP contribution < -0.4 is 11.1 Å². The molecule has 15 heavy (non-hydrogen) atoms. The first-order valence-electron chi connectivity index (χ1n) is 4.42. The maximum Gasteiger partial charge on any atom is 0.252 e. The molecule has 2 amide bonds. The Morgan fingerprint density at radius 3 is 2.60 bits per heavy atom. The van der Waals surface area contributed by atoms with Gasteiger partial charge in [0.15, 0.2) is 0 Å². The first kappa shape index (κ1) is 12.0. The van der Waals surface area contributed by atoms with Gasteiger partial charge in [-0.05, 0) is 34.7 Å². The van der Waals surface area contributed by atoms with Crippen molar-refractivity contribution in [1.82, 2.24) is 5.32 Å². The van der Waals surface area contributed by atoms with E-state index in [4.69, 9.17) is 5.73 Å². The van der Waals surface area contributed by atoms with Crippen LogP contribution in [0.5, 0.6) is 0 Å². The molecular weight excluding hydrogens is 307 g/mol. The van der Waals surface area contributed by atoms with Crippen molar-refractivity contribution in [2.24, 2.45) is 5.73 Å². The molecule has 4 nitrogen and oxygen atoms in total. The third-order valence-corrected chi connectivity index (χ3v) is 2.72. The molecule has 1 rings (SSSR count). The Bertz CT molecular complexity index is 379. The molecule has 0 spiro atoms. The van der Waals surface area contributed by atoms with E-state index < -0.39 is 5.91 Å². The molecule has 0 atom stereocenters. The number of hydrogen-bond donors (Lipinski definition) is 2. The Labute approximate surface area is 101 Å². The molecule has 1 aromatic rings. The molecule has 0 aliphatic carbocycles. The molecule has 5 heteroatoms. The average molecular weight is 318 g/mol. The molecule has 0 fully saturated rings. The molecular formula is C10H11IN2O2. The van der Waals surface area contributed by atoms with Gasteiger partial charge in [-0.2, -0.15) is 0 Å². The van der Waals surface area contributed by atoms with Crippen molar-refractivity contribution in [3.05, 3.63) is 33.4 Å². The topological polar surface area (TPSA) is 72.2 Å². The van der Waals surface area contributed by atoms with Gasteiger partial charge in [0, 0.05) is 16.5 Å². The second-order valence-electron chi connectivity index (χ2n) is 2.95. The number of benzene rings is 1. The highest BCUT2D eigenvalue weighted by molar-refractivity contribution is 14.1. The molecule has 0 saturated heterocycles. The van der Waals surface area contributed by atoms with Crippen molar-refractivity contribution in [3.63, 3.8) is 0 Å². The van der Waals surface area contributed by atoms with E-state index in [9.17, 15) is 9.59 Å². The number of nitrogens with two attached hydrogens (primary N) is 1. The smallest absolute Gasteiger partial charge is 0.252 e. The number of rotatable bonds is 4. The molecule has 0 heterocycles. The summed E-state index contributed by atoms with van der Waals surface area (Å²) in [7, 11) is 0. The number of primary amides is 1. The second kappa shape index (κ2) is 5.69. The van der Waals surface area contributed by atoms with Gasteiger partial charge in [0.05, 0.1) is 5.56 Å². The molecule has 0 aliphatic rings. The van der Waals surface area contributed by atoms with Crippen molar-refractivity contribution in [2.75, 3.05) is 6.54 Å². The molecule has 3 N–H and O–H groups in total. The van der Waals surface area contributed by atoms with Crippen LogP contribution in [-0.4, -0.2) is 18.4 Å². The van der Waals surface area contributed by atoms with Crippen molar-refractivity contribution < 1.29 is 9.59 Å². The minimum atomic E-state index is -0.418. The molecule has 0 saturated carbocycles. The molecule has 0 bridgehead atoms. The Morgan fingerprint density at radius 1 is 1.33 bits per heavy atom. The summed E-state index contributed by atoms with van der Waals surface area (Å²) in [6, 6.07) is 7.25. The monoisotopic (exact) mass is 318 g/mol. The summed E-state index contributed by atoms with van der Waals surface area (Å²) in [6.45, 7) is 0.277. The molecule has 80 valence electrons. The lowest BCUT2D eigenvalue weighted by atomic mass is 10.2. The highest BCUT2D eigenvalue weighted by Gasteiger charge is 2.08. The van der Waals surface area contributed by atoms with Crippen LogP contribution in [0.4, 0.5) is 0 Å². The normalized spacial score (nSPS) is 9.67. The number of halogens is 1. The van der Waals surface area contributed by atoms with Gasteiger partial charge in [0.25, 0.3) is 5.91 Å². The van der Waals surface area contributed by atoms with Gasteiger partial charge < -0.3 is 11.1 Å². The molecule has 0 unspecified atom stereocenters. The molecule has 0 aromatic heterocycles. The maximum atomic E-state index is 11.6. The predicted molar refractivity (Wildman–Crippen MR) is 65.3 cm³/mol. The summed E-state index contributed by atoms with van der Waals surface area (Å²) in [4.78, 5) is 22.0. The van der Waals surface area contributed by atoms with Gasteiger partial charge in [0.2, 0.25) is 5.91 Å². The van der Waals surface area contributed by atoms with E-state index >= 15 is 0 Å². The minimum absolute atomic E-state index is 0.162. The van der Waals surface area contributed by atoms with Crippen LogP contribution in [0.15, 0.2) is 24.3 Å². The third kappa shape index (κ3) is 3.86. The summed E-state index contributed by atoms with van der Waals surface area (Å²) >= 11 is 2.09. The summed E-state index contributed by atoms with van der Waals surface area (Å²) in [5.41, 5.74) is 5.57. The lowest BCUT2D eigenvalue weighted by molar-refractivity contribution is -0.117. The van der Waals surface area contributed by atoms with Crippen LogP contribution in [0.1, 0.15) is 16.8 Å². The van der Waals surface area contributed by atoms with E-state index in [0.717, 1.165) is 3.57 Å². The fourth-order valence-corrected chi connectivity index (χ4v) is 1.67. The molecule has 0 aliphatic heterocycles. The largest absolute Gasteiger partial charge is 0.370 e. The number of carbonyl (C=O) groups is 2. The van der Waals surface area contributed by atoms with Crippen LogP contribution >= 0.6 is 22.6 Å².